The van der Waals surface area contributed by atoms with E-state index in [1.54, 1.807) is 0 Å². The first-order chi connectivity index (χ1) is 6.33. The van der Waals surface area contributed by atoms with Crippen LogP contribution in [-0.2, 0) is 4.74 Å². The molecule has 0 saturated heterocycles. The first kappa shape index (κ1) is 11.3. The van der Waals surface area contributed by atoms with Crippen molar-refractivity contribution in [3.8, 4) is 0 Å². The Kier molecular flexibility index (Phi) is 5.12. The van der Waals surface area contributed by atoms with Crippen LogP contribution in [0.2, 0.25) is 0 Å². The molecule has 1 aliphatic rings. The number of hydrogen-bond acceptors (Lipinski definition) is 1. The van der Waals surface area contributed by atoms with Crippen LogP contribution in [0.3, 0.4) is 0 Å². The topological polar surface area (TPSA) is 9.23 Å². The molecule has 1 fully saturated rings. The number of rotatable bonds is 6. The second-order valence-corrected chi connectivity index (χ2v) is 4.47. The molecule has 0 radical (unpaired) electrons. The molecular weight excluding hydrogens is 184 g/mol. The normalized spacial score (nSPS) is 20.8. The summed E-state index contributed by atoms with van der Waals surface area (Å²) in [7, 11) is 0. The zero-order valence-corrected chi connectivity index (χ0v) is 9.41. The monoisotopic (exact) mass is 204 g/mol. The highest BCUT2D eigenvalue weighted by atomic mass is 35.5. The summed E-state index contributed by atoms with van der Waals surface area (Å²) in [5, 5.41) is 0. The minimum Gasteiger partial charge on any atom is -0.381 e. The first-order valence-electron chi connectivity index (χ1n) is 5.47. The highest BCUT2D eigenvalue weighted by molar-refractivity contribution is 6.18. The molecule has 0 N–H and O–H groups in total. The first-order valence-corrected chi connectivity index (χ1v) is 6.00. The molecule has 13 heavy (non-hydrogen) atoms. The van der Waals surface area contributed by atoms with Gasteiger partial charge >= 0.3 is 0 Å². The minimum absolute atomic E-state index is 0.426. The van der Waals surface area contributed by atoms with Gasteiger partial charge in [0.25, 0.3) is 0 Å². The van der Waals surface area contributed by atoms with E-state index in [0.29, 0.717) is 5.41 Å². The lowest BCUT2D eigenvalue weighted by atomic mass is 9.85. The van der Waals surface area contributed by atoms with E-state index in [9.17, 15) is 0 Å². The van der Waals surface area contributed by atoms with Crippen LogP contribution in [0.1, 0.15) is 45.4 Å². The summed E-state index contributed by atoms with van der Waals surface area (Å²) in [5.41, 5.74) is 0.426. The van der Waals surface area contributed by atoms with Crippen LogP contribution in [-0.4, -0.2) is 19.1 Å². The maximum Gasteiger partial charge on any atom is 0.0471 e. The Morgan fingerprint density at radius 3 is 2.46 bits per heavy atom. The third kappa shape index (κ3) is 3.47. The van der Waals surface area contributed by atoms with Crippen LogP contribution in [0.15, 0.2) is 0 Å². The summed E-state index contributed by atoms with van der Waals surface area (Å²) in [6, 6.07) is 0. The summed E-state index contributed by atoms with van der Waals surface area (Å²) in [6.45, 7) is 3.95. The third-order valence-electron chi connectivity index (χ3n) is 3.07. The maximum absolute atomic E-state index is 6.02. The Morgan fingerprint density at radius 2 is 1.92 bits per heavy atom. The van der Waals surface area contributed by atoms with Crippen LogP contribution in [0, 0.1) is 5.41 Å². The molecule has 1 rings (SSSR count). The zero-order chi connectivity index (χ0) is 9.57. The number of hydrogen-bond donors (Lipinski definition) is 0. The molecule has 0 atom stereocenters. The fraction of sp³-hybridized carbons (Fsp3) is 1.00. The van der Waals surface area contributed by atoms with Gasteiger partial charge in [-0.15, -0.1) is 11.6 Å². The van der Waals surface area contributed by atoms with Crippen molar-refractivity contribution in [3.63, 3.8) is 0 Å². The van der Waals surface area contributed by atoms with Crippen molar-refractivity contribution in [2.45, 2.75) is 45.4 Å². The van der Waals surface area contributed by atoms with Crippen molar-refractivity contribution < 1.29 is 4.74 Å². The summed E-state index contributed by atoms with van der Waals surface area (Å²) >= 11 is 6.02. The van der Waals surface area contributed by atoms with Gasteiger partial charge in [-0.05, 0) is 31.1 Å². The molecule has 0 aromatic rings. The Morgan fingerprint density at radius 1 is 1.23 bits per heavy atom. The van der Waals surface area contributed by atoms with Gasteiger partial charge in [-0.1, -0.05) is 19.8 Å². The highest BCUT2D eigenvalue weighted by Crippen LogP contribution is 2.41. The third-order valence-corrected chi connectivity index (χ3v) is 3.64. The van der Waals surface area contributed by atoms with Gasteiger partial charge in [0, 0.05) is 19.1 Å². The quantitative estimate of drug-likeness (QED) is 0.475. The Labute approximate surface area is 86.8 Å². The molecule has 0 aromatic carbocycles. The van der Waals surface area contributed by atoms with E-state index in [1.807, 2.05) is 0 Å². The van der Waals surface area contributed by atoms with E-state index in [4.69, 9.17) is 16.3 Å². The SMILES string of the molecule is CCCOCCC1(CCl)CCCC1. The largest absolute Gasteiger partial charge is 0.381 e. The Bertz CT molecular complexity index is 130. The average molecular weight is 205 g/mol. The molecule has 78 valence electrons. The molecule has 0 amide bonds. The predicted octanol–water partition coefficient (Wildman–Crippen LogP) is 3.60. The van der Waals surface area contributed by atoms with Crippen LogP contribution < -0.4 is 0 Å². The maximum atomic E-state index is 6.02. The standard InChI is InChI=1S/C11H21ClO/c1-2-8-13-9-7-11(10-12)5-3-4-6-11/h2-10H2,1H3. The second-order valence-electron chi connectivity index (χ2n) is 4.20. The van der Waals surface area contributed by atoms with Crippen molar-refractivity contribution in [2.24, 2.45) is 5.41 Å². The van der Waals surface area contributed by atoms with E-state index < -0.39 is 0 Å². The molecule has 0 bridgehead atoms. The van der Waals surface area contributed by atoms with Crippen LogP contribution in [0.25, 0.3) is 0 Å². The fourth-order valence-corrected chi connectivity index (χ4v) is 2.51. The summed E-state index contributed by atoms with van der Waals surface area (Å²) in [5.74, 6) is 0.822. The van der Waals surface area contributed by atoms with Gasteiger partial charge in [-0.25, -0.2) is 0 Å². The lowest BCUT2D eigenvalue weighted by Gasteiger charge is -2.25. The van der Waals surface area contributed by atoms with Crippen molar-refractivity contribution in [3.05, 3.63) is 0 Å². The second kappa shape index (κ2) is 5.87. The summed E-state index contributed by atoms with van der Waals surface area (Å²) in [4.78, 5) is 0. The molecule has 1 nitrogen and oxygen atoms in total. The van der Waals surface area contributed by atoms with Gasteiger partial charge in [0.2, 0.25) is 0 Å². The molecule has 1 aliphatic carbocycles. The molecule has 0 aromatic heterocycles. The van der Waals surface area contributed by atoms with Crippen molar-refractivity contribution >= 4 is 11.6 Å². The molecule has 0 heterocycles. The van der Waals surface area contributed by atoms with Gasteiger partial charge in [0.15, 0.2) is 0 Å². The molecular formula is C11H21ClO. The van der Waals surface area contributed by atoms with E-state index >= 15 is 0 Å². The molecule has 0 aliphatic heterocycles. The van der Waals surface area contributed by atoms with Crippen LogP contribution in [0.4, 0.5) is 0 Å². The van der Waals surface area contributed by atoms with Gasteiger partial charge in [0.05, 0.1) is 0 Å². The Hall–Kier alpha value is 0.250. The van der Waals surface area contributed by atoms with Gasteiger partial charge in [-0.3, -0.25) is 0 Å². The fourth-order valence-electron chi connectivity index (χ4n) is 2.11. The van der Waals surface area contributed by atoms with Crippen LogP contribution in [0.5, 0.6) is 0 Å². The lowest BCUT2D eigenvalue weighted by Crippen LogP contribution is -2.20. The lowest BCUT2D eigenvalue weighted by molar-refractivity contribution is 0.102. The van der Waals surface area contributed by atoms with E-state index in [-0.39, 0.29) is 0 Å². The molecule has 0 spiro atoms. The van der Waals surface area contributed by atoms with Crippen molar-refractivity contribution in [1.82, 2.24) is 0 Å². The molecule has 0 unspecified atom stereocenters. The molecule has 1 saturated carbocycles. The highest BCUT2D eigenvalue weighted by Gasteiger charge is 2.32. The smallest absolute Gasteiger partial charge is 0.0471 e. The average Bonchev–Trinajstić information content (AvgIpc) is 2.62. The van der Waals surface area contributed by atoms with E-state index in [2.05, 4.69) is 6.92 Å². The number of halogens is 1. The van der Waals surface area contributed by atoms with E-state index in [1.165, 1.54) is 25.7 Å². The van der Waals surface area contributed by atoms with Crippen molar-refractivity contribution in [1.29, 1.82) is 0 Å². The van der Waals surface area contributed by atoms with Crippen molar-refractivity contribution in [2.75, 3.05) is 19.1 Å². The summed E-state index contributed by atoms with van der Waals surface area (Å²) < 4.78 is 5.51. The number of alkyl halides is 1. The minimum atomic E-state index is 0.426. The number of ether oxygens (including phenoxy) is 1. The zero-order valence-electron chi connectivity index (χ0n) is 8.65. The van der Waals surface area contributed by atoms with Gasteiger partial charge in [-0.2, -0.15) is 0 Å². The van der Waals surface area contributed by atoms with Crippen LogP contribution >= 0.6 is 11.6 Å². The Balaban J connectivity index is 2.16. The predicted molar refractivity (Wildman–Crippen MR) is 57.3 cm³/mol. The van der Waals surface area contributed by atoms with E-state index in [0.717, 1.165) is 31.9 Å². The van der Waals surface area contributed by atoms with Gasteiger partial charge in [0.1, 0.15) is 0 Å². The summed E-state index contributed by atoms with van der Waals surface area (Å²) in [6.07, 6.45) is 7.63. The molecule has 2 heteroatoms. The van der Waals surface area contributed by atoms with Gasteiger partial charge < -0.3 is 4.74 Å².